The standard InChI is InChI=1S/C19H25FN4O3S/c1-13-7-9-23(10-8-13)28(26,27)19-14(2)22-24(15(19)3)12-18(25)21-17-6-4-5-16(20)11-17/h4-6,11,13H,7-10,12H2,1-3H3,(H,21,25). The first-order valence-corrected chi connectivity index (χ1v) is 10.7. The van der Waals surface area contributed by atoms with Gasteiger partial charge in [0.2, 0.25) is 15.9 Å². The van der Waals surface area contributed by atoms with Gasteiger partial charge in [-0.05, 0) is 50.8 Å². The summed E-state index contributed by atoms with van der Waals surface area (Å²) in [7, 11) is -3.66. The van der Waals surface area contributed by atoms with Crippen LogP contribution in [0.15, 0.2) is 29.2 Å². The van der Waals surface area contributed by atoms with Crippen LogP contribution in [0.3, 0.4) is 0 Å². The molecule has 2 heterocycles. The lowest BCUT2D eigenvalue weighted by atomic mass is 10.0. The van der Waals surface area contributed by atoms with Crippen LogP contribution in [0.2, 0.25) is 0 Å². The van der Waals surface area contributed by atoms with E-state index in [0.29, 0.717) is 36.1 Å². The van der Waals surface area contributed by atoms with E-state index in [1.165, 1.54) is 27.2 Å². The zero-order chi connectivity index (χ0) is 20.5. The highest BCUT2D eigenvalue weighted by atomic mass is 32.2. The van der Waals surface area contributed by atoms with Crippen LogP contribution in [0.5, 0.6) is 0 Å². The molecule has 1 saturated heterocycles. The minimum absolute atomic E-state index is 0.157. The average molecular weight is 408 g/mol. The Labute approximate surface area is 164 Å². The van der Waals surface area contributed by atoms with Crippen molar-refractivity contribution in [2.75, 3.05) is 18.4 Å². The molecule has 0 atom stereocenters. The fourth-order valence-electron chi connectivity index (χ4n) is 3.46. The van der Waals surface area contributed by atoms with Gasteiger partial charge in [0.05, 0.1) is 11.4 Å². The number of nitrogens with one attached hydrogen (secondary N) is 1. The van der Waals surface area contributed by atoms with Crippen LogP contribution in [-0.4, -0.2) is 41.5 Å². The summed E-state index contributed by atoms with van der Waals surface area (Å²) in [6, 6.07) is 5.58. The van der Waals surface area contributed by atoms with Gasteiger partial charge in [0.25, 0.3) is 0 Å². The fraction of sp³-hybridized carbons (Fsp3) is 0.474. The number of nitrogens with zero attached hydrogens (tertiary/aromatic N) is 3. The lowest BCUT2D eigenvalue weighted by molar-refractivity contribution is -0.116. The van der Waals surface area contributed by atoms with Crippen LogP contribution in [-0.2, 0) is 21.4 Å². The van der Waals surface area contributed by atoms with Gasteiger partial charge in [0.15, 0.2) is 0 Å². The lowest BCUT2D eigenvalue weighted by Crippen LogP contribution is -2.38. The van der Waals surface area contributed by atoms with Crippen molar-refractivity contribution in [3.05, 3.63) is 41.5 Å². The number of halogens is 1. The monoisotopic (exact) mass is 408 g/mol. The molecule has 0 bridgehead atoms. The topological polar surface area (TPSA) is 84.3 Å². The molecule has 28 heavy (non-hydrogen) atoms. The molecule has 1 aromatic heterocycles. The zero-order valence-corrected chi connectivity index (χ0v) is 17.1. The maximum atomic E-state index is 13.3. The lowest BCUT2D eigenvalue weighted by Gasteiger charge is -2.29. The minimum atomic E-state index is -3.66. The van der Waals surface area contributed by atoms with Crippen molar-refractivity contribution in [2.45, 2.75) is 45.1 Å². The molecule has 2 aromatic rings. The van der Waals surface area contributed by atoms with E-state index >= 15 is 0 Å². The summed E-state index contributed by atoms with van der Waals surface area (Å²) < 4.78 is 42.3. The van der Waals surface area contributed by atoms with Crippen LogP contribution in [0.25, 0.3) is 0 Å². The van der Waals surface area contributed by atoms with Gasteiger partial charge in [-0.15, -0.1) is 0 Å². The number of anilines is 1. The Balaban J connectivity index is 1.78. The maximum Gasteiger partial charge on any atom is 0.246 e. The van der Waals surface area contributed by atoms with Crippen LogP contribution in [0.1, 0.15) is 31.2 Å². The number of hydrogen-bond donors (Lipinski definition) is 1. The van der Waals surface area contributed by atoms with Gasteiger partial charge >= 0.3 is 0 Å². The second-order valence-electron chi connectivity index (χ2n) is 7.30. The van der Waals surface area contributed by atoms with E-state index in [1.807, 2.05) is 0 Å². The Hall–Kier alpha value is -2.26. The van der Waals surface area contributed by atoms with Crippen molar-refractivity contribution in [1.82, 2.24) is 14.1 Å². The molecule has 1 amide bonds. The third-order valence-electron chi connectivity index (χ3n) is 5.06. The molecule has 1 N–H and O–H groups in total. The van der Waals surface area contributed by atoms with Crippen molar-refractivity contribution >= 4 is 21.6 Å². The SMILES string of the molecule is Cc1nn(CC(=O)Nc2cccc(F)c2)c(C)c1S(=O)(=O)N1CCC(C)CC1. The van der Waals surface area contributed by atoms with Gasteiger partial charge in [-0.1, -0.05) is 13.0 Å². The molecule has 1 aliphatic rings. The predicted molar refractivity (Wildman–Crippen MR) is 104 cm³/mol. The van der Waals surface area contributed by atoms with Gasteiger partial charge < -0.3 is 5.32 Å². The summed E-state index contributed by atoms with van der Waals surface area (Å²) in [6.45, 7) is 6.23. The first-order valence-electron chi connectivity index (χ1n) is 9.28. The molecule has 152 valence electrons. The molecule has 3 rings (SSSR count). The van der Waals surface area contributed by atoms with Gasteiger partial charge in [-0.2, -0.15) is 9.40 Å². The Morgan fingerprint density at radius 3 is 2.61 bits per heavy atom. The summed E-state index contributed by atoms with van der Waals surface area (Å²) in [5, 5.41) is 6.86. The van der Waals surface area contributed by atoms with Crippen molar-refractivity contribution in [2.24, 2.45) is 5.92 Å². The van der Waals surface area contributed by atoms with Gasteiger partial charge in [0.1, 0.15) is 17.3 Å². The van der Waals surface area contributed by atoms with Gasteiger partial charge in [-0.3, -0.25) is 9.48 Å². The third kappa shape index (κ3) is 4.25. The summed E-state index contributed by atoms with van der Waals surface area (Å²) >= 11 is 0. The number of benzene rings is 1. The molecular weight excluding hydrogens is 383 g/mol. The Bertz CT molecular complexity index is 979. The second-order valence-corrected chi connectivity index (χ2v) is 9.18. The molecule has 1 aliphatic heterocycles. The Morgan fingerprint density at radius 2 is 1.96 bits per heavy atom. The molecule has 0 saturated carbocycles. The maximum absolute atomic E-state index is 13.3. The molecule has 0 unspecified atom stereocenters. The van der Waals surface area contributed by atoms with E-state index in [-0.39, 0.29) is 11.4 Å². The largest absolute Gasteiger partial charge is 0.324 e. The highest BCUT2D eigenvalue weighted by Gasteiger charge is 2.33. The van der Waals surface area contributed by atoms with E-state index in [9.17, 15) is 17.6 Å². The van der Waals surface area contributed by atoms with E-state index in [0.717, 1.165) is 12.8 Å². The highest BCUT2D eigenvalue weighted by Crippen LogP contribution is 2.27. The van der Waals surface area contributed by atoms with Crippen LogP contribution < -0.4 is 5.32 Å². The molecule has 7 nitrogen and oxygen atoms in total. The first kappa shape index (κ1) is 20.5. The van der Waals surface area contributed by atoms with Crippen molar-refractivity contribution < 1.29 is 17.6 Å². The normalized spacial score (nSPS) is 16.3. The summed E-state index contributed by atoms with van der Waals surface area (Å²) in [5.41, 5.74) is 1.13. The predicted octanol–water partition coefficient (Wildman–Crippen LogP) is 2.70. The second kappa shape index (κ2) is 8.00. The number of hydrogen-bond acceptors (Lipinski definition) is 4. The molecule has 9 heteroatoms. The average Bonchev–Trinajstić information content (AvgIpc) is 2.89. The van der Waals surface area contributed by atoms with Crippen molar-refractivity contribution in [3.8, 4) is 0 Å². The fourth-order valence-corrected chi connectivity index (χ4v) is 5.31. The first-order chi connectivity index (χ1) is 13.2. The molecule has 1 aromatic carbocycles. The summed E-state index contributed by atoms with van der Waals surface area (Å²) in [5.74, 6) is -0.344. The number of aromatic nitrogens is 2. The Kier molecular flexibility index (Phi) is 5.85. The smallest absolute Gasteiger partial charge is 0.246 e. The number of rotatable bonds is 5. The van der Waals surface area contributed by atoms with Gasteiger partial charge in [0, 0.05) is 18.8 Å². The summed E-state index contributed by atoms with van der Waals surface area (Å²) in [4.78, 5) is 12.5. The summed E-state index contributed by atoms with van der Waals surface area (Å²) in [6.07, 6.45) is 1.67. The highest BCUT2D eigenvalue weighted by molar-refractivity contribution is 7.89. The number of piperidine rings is 1. The third-order valence-corrected chi connectivity index (χ3v) is 7.21. The number of sulfonamides is 1. The van der Waals surface area contributed by atoms with Crippen molar-refractivity contribution in [1.29, 1.82) is 0 Å². The van der Waals surface area contributed by atoms with Crippen LogP contribution in [0, 0.1) is 25.6 Å². The van der Waals surface area contributed by atoms with E-state index in [1.54, 1.807) is 19.9 Å². The van der Waals surface area contributed by atoms with Crippen LogP contribution >= 0.6 is 0 Å². The van der Waals surface area contributed by atoms with E-state index < -0.39 is 21.7 Å². The molecule has 1 fully saturated rings. The number of carbonyl (C=O) groups is 1. The Morgan fingerprint density at radius 1 is 1.29 bits per heavy atom. The molecule has 0 radical (unpaired) electrons. The minimum Gasteiger partial charge on any atom is -0.324 e. The van der Waals surface area contributed by atoms with E-state index in [4.69, 9.17) is 0 Å². The molecule has 0 aliphatic carbocycles. The van der Waals surface area contributed by atoms with Crippen molar-refractivity contribution in [3.63, 3.8) is 0 Å². The number of aryl methyl sites for hydroxylation is 1. The van der Waals surface area contributed by atoms with E-state index in [2.05, 4.69) is 17.3 Å². The number of amides is 1. The molecule has 0 spiro atoms. The number of carbonyl (C=O) groups excluding carboxylic acids is 1. The van der Waals surface area contributed by atoms with Crippen LogP contribution in [0.4, 0.5) is 10.1 Å². The zero-order valence-electron chi connectivity index (χ0n) is 16.3. The molecular formula is C19H25FN4O3S. The van der Waals surface area contributed by atoms with Gasteiger partial charge in [-0.25, -0.2) is 12.8 Å². The quantitative estimate of drug-likeness (QED) is 0.824.